The van der Waals surface area contributed by atoms with Gasteiger partial charge in [-0.15, -0.1) is 5.10 Å². The zero-order valence-corrected chi connectivity index (χ0v) is 14.1. The van der Waals surface area contributed by atoms with Crippen molar-refractivity contribution in [2.24, 2.45) is 0 Å². The fourth-order valence-corrected chi connectivity index (χ4v) is 2.53. The Morgan fingerprint density at radius 3 is 3.00 bits per heavy atom. The second kappa shape index (κ2) is 8.40. The van der Waals surface area contributed by atoms with Gasteiger partial charge in [-0.3, -0.25) is 0 Å². The molecule has 2 heterocycles. The minimum atomic E-state index is 0.571. The van der Waals surface area contributed by atoms with Crippen LogP contribution in [-0.4, -0.2) is 21.6 Å². The highest BCUT2D eigenvalue weighted by Gasteiger charge is 2.05. The topological polar surface area (TPSA) is 55.9 Å². The summed E-state index contributed by atoms with van der Waals surface area (Å²) in [6.45, 7) is 4.15. The summed E-state index contributed by atoms with van der Waals surface area (Å²) in [4.78, 5) is 0. The molecule has 126 valence electrons. The van der Waals surface area contributed by atoms with Gasteiger partial charge in [0.25, 0.3) is 6.73 Å². The van der Waals surface area contributed by atoms with Gasteiger partial charge in [-0.2, -0.15) is 4.57 Å². The maximum absolute atomic E-state index is 5.69. The van der Waals surface area contributed by atoms with Crippen molar-refractivity contribution in [3.63, 3.8) is 0 Å². The highest BCUT2D eigenvalue weighted by molar-refractivity contribution is 5.73. The monoisotopic (exact) mass is 326 g/mol. The van der Waals surface area contributed by atoms with Crippen molar-refractivity contribution in [3.05, 3.63) is 48.8 Å². The number of hydrogen-bond acceptors (Lipinski definition) is 4. The van der Waals surface area contributed by atoms with Gasteiger partial charge in [0.1, 0.15) is 17.9 Å². The summed E-state index contributed by atoms with van der Waals surface area (Å²) in [5.41, 5.74) is 2.95. The molecule has 0 aliphatic carbocycles. The smallest absolute Gasteiger partial charge is 0.252 e. The molecular weight excluding hydrogens is 302 g/mol. The predicted molar refractivity (Wildman–Crippen MR) is 93.3 cm³/mol. The summed E-state index contributed by atoms with van der Waals surface area (Å²) in [5.74, 6) is 0. The number of ether oxygens (including phenoxy) is 1. The molecule has 0 radical (unpaired) electrons. The lowest BCUT2D eigenvalue weighted by Gasteiger charge is -2.06. The first-order valence-corrected chi connectivity index (χ1v) is 8.46. The molecule has 0 bridgehead atoms. The Morgan fingerprint density at radius 1 is 1.17 bits per heavy atom. The minimum absolute atomic E-state index is 0.571. The Kier molecular flexibility index (Phi) is 5.74. The van der Waals surface area contributed by atoms with Gasteiger partial charge in [-0.25, -0.2) is 4.68 Å². The largest absolute Gasteiger partial charge is 0.361 e. The molecule has 3 rings (SSSR count). The molecule has 6 heteroatoms. The van der Waals surface area contributed by atoms with E-state index in [-0.39, 0.29) is 0 Å². The van der Waals surface area contributed by atoms with Crippen LogP contribution in [0, 0.1) is 0 Å². The zero-order chi connectivity index (χ0) is 16.6. The van der Waals surface area contributed by atoms with Crippen LogP contribution in [0.25, 0.3) is 11.0 Å². The van der Waals surface area contributed by atoms with Crippen molar-refractivity contribution >= 4 is 16.7 Å². The van der Waals surface area contributed by atoms with Crippen LogP contribution >= 0.6 is 0 Å². The van der Waals surface area contributed by atoms with Crippen LogP contribution in [0.15, 0.2) is 48.8 Å². The SMILES string of the molecule is CCCCCOC[n+]1cccc(NCn2nnc3ccccc32)c1. The number of hydrogen-bond donors (Lipinski definition) is 1. The van der Waals surface area contributed by atoms with Gasteiger partial charge < -0.3 is 10.1 Å². The molecule has 0 saturated carbocycles. The minimum Gasteiger partial charge on any atom is -0.361 e. The Labute approximate surface area is 142 Å². The van der Waals surface area contributed by atoms with Crippen LogP contribution in [0.4, 0.5) is 5.69 Å². The van der Waals surface area contributed by atoms with Crippen molar-refractivity contribution in [1.29, 1.82) is 0 Å². The number of nitrogens with zero attached hydrogens (tertiary/aromatic N) is 4. The van der Waals surface area contributed by atoms with Crippen molar-refractivity contribution < 1.29 is 9.30 Å². The number of fused-ring (bicyclic) bond motifs is 1. The van der Waals surface area contributed by atoms with E-state index in [9.17, 15) is 0 Å². The van der Waals surface area contributed by atoms with Gasteiger partial charge in [0.15, 0.2) is 12.4 Å². The molecule has 1 aromatic carbocycles. The fraction of sp³-hybridized carbons (Fsp3) is 0.389. The van der Waals surface area contributed by atoms with Gasteiger partial charge in [0.05, 0.1) is 12.1 Å². The highest BCUT2D eigenvalue weighted by atomic mass is 16.5. The molecule has 3 aromatic rings. The lowest BCUT2D eigenvalue weighted by molar-refractivity contribution is -0.732. The summed E-state index contributed by atoms with van der Waals surface area (Å²) >= 11 is 0. The molecule has 0 atom stereocenters. The quantitative estimate of drug-likeness (QED) is 0.485. The number of rotatable bonds is 9. The zero-order valence-electron chi connectivity index (χ0n) is 14.1. The molecule has 0 aliphatic heterocycles. The van der Waals surface area contributed by atoms with Crippen LogP contribution in [-0.2, 0) is 18.1 Å². The first kappa shape index (κ1) is 16.4. The number of unbranched alkanes of at least 4 members (excludes halogenated alkanes) is 2. The molecule has 0 unspecified atom stereocenters. The summed E-state index contributed by atoms with van der Waals surface area (Å²) in [6, 6.07) is 12.0. The van der Waals surface area contributed by atoms with Crippen LogP contribution in [0.1, 0.15) is 26.2 Å². The van der Waals surface area contributed by atoms with E-state index in [1.165, 1.54) is 12.8 Å². The summed E-state index contributed by atoms with van der Waals surface area (Å²) < 4.78 is 9.58. The Hall–Kier alpha value is -2.47. The van der Waals surface area contributed by atoms with Crippen molar-refractivity contribution in [2.45, 2.75) is 39.6 Å². The van der Waals surface area contributed by atoms with Crippen LogP contribution in [0.3, 0.4) is 0 Å². The summed E-state index contributed by atoms with van der Waals surface area (Å²) in [6.07, 6.45) is 7.61. The number of para-hydroxylation sites is 1. The lowest BCUT2D eigenvalue weighted by Crippen LogP contribution is -2.34. The van der Waals surface area contributed by atoms with E-state index in [2.05, 4.69) is 22.6 Å². The van der Waals surface area contributed by atoms with E-state index >= 15 is 0 Å². The third-order valence-electron chi connectivity index (χ3n) is 3.84. The Morgan fingerprint density at radius 2 is 2.08 bits per heavy atom. The summed E-state index contributed by atoms with van der Waals surface area (Å²) in [7, 11) is 0. The standard InChI is InChI=1S/C18H24N5O/c1-2-3-6-12-24-15-22-11-7-8-16(13-22)19-14-23-18-10-5-4-9-17(18)20-21-23/h4-5,7-11,13,19H,2-3,6,12,14-15H2,1H3/q+1. The van der Waals surface area contributed by atoms with E-state index < -0.39 is 0 Å². The molecule has 0 spiro atoms. The number of nitrogens with one attached hydrogen (secondary N) is 1. The van der Waals surface area contributed by atoms with Crippen LogP contribution in [0.2, 0.25) is 0 Å². The fourth-order valence-electron chi connectivity index (χ4n) is 2.53. The maximum atomic E-state index is 5.69. The molecule has 24 heavy (non-hydrogen) atoms. The first-order valence-electron chi connectivity index (χ1n) is 8.46. The van der Waals surface area contributed by atoms with E-state index in [1.54, 1.807) is 0 Å². The maximum Gasteiger partial charge on any atom is 0.252 e. The molecule has 0 fully saturated rings. The first-order chi connectivity index (χ1) is 11.9. The molecule has 2 aromatic heterocycles. The second-order valence-corrected chi connectivity index (χ2v) is 5.76. The Balaban J connectivity index is 1.54. The molecule has 0 aliphatic rings. The van der Waals surface area contributed by atoms with E-state index in [0.717, 1.165) is 29.7 Å². The molecular formula is C18H24N5O+. The molecule has 6 nitrogen and oxygen atoms in total. The Bertz CT molecular complexity index is 771. The van der Waals surface area contributed by atoms with Crippen molar-refractivity contribution in [1.82, 2.24) is 15.0 Å². The average Bonchev–Trinajstić information content (AvgIpc) is 3.03. The summed E-state index contributed by atoms with van der Waals surface area (Å²) in [5, 5.41) is 11.7. The number of pyridine rings is 1. The van der Waals surface area contributed by atoms with Gasteiger partial charge in [0.2, 0.25) is 0 Å². The van der Waals surface area contributed by atoms with Crippen LogP contribution < -0.4 is 9.88 Å². The predicted octanol–water partition coefficient (Wildman–Crippen LogP) is 2.95. The van der Waals surface area contributed by atoms with Crippen molar-refractivity contribution in [3.8, 4) is 0 Å². The number of aromatic nitrogens is 4. The van der Waals surface area contributed by atoms with Crippen molar-refractivity contribution in [2.75, 3.05) is 11.9 Å². The third-order valence-corrected chi connectivity index (χ3v) is 3.84. The normalized spacial score (nSPS) is 11.0. The van der Waals surface area contributed by atoms with E-state index in [1.807, 2.05) is 58.0 Å². The van der Waals surface area contributed by atoms with E-state index in [0.29, 0.717) is 13.4 Å². The third kappa shape index (κ3) is 4.29. The number of anilines is 1. The lowest BCUT2D eigenvalue weighted by atomic mass is 10.3. The van der Waals surface area contributed by atoms with Gasteiger partial charge in [0, 0.05) is 6.07 Å². The average molecular weight is 326 g/mol. The van der Waals surface area contributed by atoms with E-state index in [4.69, 9.17) is 4.74 Å². The second-order valence-electron chi connectivity index (χ2n) is 5.76. The molecule has 0 saturated heterocycles. The van der Waals surface area contributed by atoms with Crippen LogP contribution in [0.5, 0.6) is 0 Å². The molecule has 1 N–H and O–H groups in total. The molecule has 0 amide bonds. The van der Waals surface area contributed by atoms with Gasteiger partial charge in [-0.05, 0) is 24.6 Å². The van der Waals surface area contributed by atoms with Gasteiger partial charge >= 0.3 is 0 Å². The highest BCUT2D eigenvalue weighted by Crippen LogP contribution is 2.10. The van der Waals surface area contributed by atoms with Gasteiger partial charge in [-0.1, -0.05) is 37.1 Å². The number of benzene rings is 1.